The lowest BCUT2D eigenvalue weighted by molar-refractivity contribution is -0.136. The molecule has 194 valence electrons. The van der Waals surface area contributed by atoms with Gasteiger partial charge in [-0.15, -0.1) is 0 Å². The van der Waals surface area contributed by atoms with Crippen LogP contribution in [-0.2, 0) is 12.7 Å². The molecule has 6 rings (SSSR count). The summed E-state index contributed by atoms with van der Waals surface area (Å²) in [5.74, 6) is 1.94. The molecule has 0 unspecified atom stereocenters. The molecule has 0 atom stereocenters. The molecular weight excluding hydrogens is 501 g/mol. The van der Waals surface area contributed by atoms with Crippen LogP contribution >= 0.6 is 0 Å². The van der Waals surface area contributed by atoms with Gasteiger partial charge in [-0.1, -0.05) is 66.7 Å². The van der Waals surface area contributed by atoms with Crippen molar-refractivity contribution in [3.63, 3.8) is 0 Å². The molecule has 0 aliphatic rings. The lowest BCUT2D eigenvalue weighted by Crippen LogP contribution is -2.06. The highest BCUT2D eigenvalue weighted by atomic mass is 19.4. The standard InChI is InChI=1S/C32H23F3N2O2/c1-38-25-15-13-22-14-16-27(19-24(22)18-25)39-26-10-5-9-23(17-26)31-28-11-6-12-29(32(33,34)35)30(28)36-37(31)20-21-7-3-2-4-8-21/h2-19H,20H2,1H3. The zero-order valence-corrected chi connectivity index (χ0v) is 20.9. The van der Waals surface area contributed by atoms with Crippen molar-refractivity contribution in [3.05, 3.63) is 120 Å². The van der Waals surface area contributed by atoms with Crippen LogP contribution in [0.1, 0.15) is 11.1 Å². The molecule has 7 heteroatoms. The van der Waals surface area contributed by atoms with Crippen molar-refractivity contribution in [2.45, 2.75) is 12.7 Å². The number of nitrogens with zero attached hydrogens (tertiary/aromatic N) is 2. The van der Waals surface area contributed by atoms with Gasteiger partial charge in [0.1, 0.15) is 22.8 Å². The third-order valence-electron chi connectivity index (χ3n) is 6.61. The average Bonchev–Trinajstić information content (AvgIpc) is 3.30. The van der Waals surface area contributed by atoms with Crippen molar-refractivity contribution in [3.8, 4) is 28.5 Å². The number of benzene rings is 5. The van der Waals surface area contributed by atoms with Gasteiger partial charge in [-0.25, -0.2) is 0 Å². The maximum Gasteiger partial charge on any atom is 0.418 e. The van der Waals surface area contributed by atoms with Gasteiger partial charge >= 0.3 is 6.18 Å². The Kier molecular flexibility index (Phi) is 6.19. The van der Waals surface area contributed by atoms with Crippen molar-refractivity contribution in [1.29, 1.82) is 0 Å². The Morgan fingerprint density at radius 1 is 0.718 bits per heavy atom. The van der Waals surface area contributed by atoms with Crippen LogP contribution in [0, 0.1) is 0 Å². The van der Waals surface area contributed by atoms with E-state index in [9.17, 15) is 13.2 Å². The third kappa shape index (κ3) is 4.91. The molecule has 1 heterocycles. The fourth-order valence-electron chi connectivity index (χ4n) is 4.79. The third-order valence-corrected chi connectivity index (χ3v) is 6.61. The molecular formula is C32H23F3N2O2. The lowest BCUT2D eigenvalue weighted by atomic mass is 10.0. The van der Waals surface area contributed by atoms with Crippen molar-refractivity contribution in [1.82, 2.24) is 9.78 Å². The number of aromatic nitrogens is 2. The molecule has 39 heavy (non-hydrogen) atoms. The van der Waals surface area contributed by atoms with E-state index >= 15 is 0 Å². The van der Waals surface area contributed by atoms with Gasteiger partial charge in [-0.2, -0.15) is 18.3 Å². The minimum Gasteiger partial charge on any atom is -0.497 e. The zero-order chi connectivity index (χ0) is 27.0. The fraction of sp³-hybridized carbons (Fsp3) is 0.0938. The first-order valence-corrected chi connectivity index (χ1v) is 12.4. The van der Waals surface area contributed by atoms with E-state index < -0.39 is 11.7 Å². The Labute approximate surface area is 222 Å². The Bertz CT molecular complexity index is 1790. The summed E-state index contributed by atoms with van der Waals surface area (Å²) in [6, 6.07) is 32.6. The van der Waals surface area contributed by atoms with E-state index in [1.807, 2.05) is 91.0 Å². The maximum absolute atomic E-state index is 13.9. The van der Waals surface area contributed by atoms with Gasteiger partial charge in [0.05, 0.1) is 24.9 Å². The van der Waals surface area contributed by atoms with Crippen molar-refractivity contribution in [2.24, 2.45) is 0 Å². The van der Waals surface area contributed by atoms with Crippen molar-refractivity contribution < 1.29 is 22.6 Å². The van der Waals surface area contributed by atoms with Gasteiger partial charge in [-0.05, 0) is 58.8 Å². The van der Waals surface area contributed by atoms with Gasteiger partial charge in [0.25, 0.3) is 0 Å². The fourth-order valence-corrected chi connectivity index (χ4v) is 4.79. The lowest BCUT2D eigenvalue weighted by Gasteiger charge is -2.12. The summed E-state index contributed by atoms with van der Waals surface area (Å²) >= 11 is 0. The molecule has 0 saturated carbocycles. The number of fused-ring (bicyclic) bond motifs is 2. The van der Waals surface area contributed by atoms with E-state index in [2.05, 4.69) is 5.10 Å². The summed E-state index contributed by atoms with van der Waals surface area (Å²) < 4.78 is 54.8. The number of ether oxygens (including phenoxy) is 2. The Balaban J connectivity index is 1.44. The summed E-state index contributed by atoms with van der Waals surface area (Å²) in [6.45, 7) is 0.319. The van der Waals surface area contributed by atoms with E-state index in [4.69, 9.17) is 9.47 Å². The zero-order valence-electron chi connectivity index (χ0n) is 20.9. The Morgan fingerprint density at radius 2 is 1.44 bits per heavy atom. The summed E-state index contributed by atoms with van der Waals surface area (Å²) in [5, 5.41) is 6.90. The molecule has 5 aromatic carbocycles. The highest BCUT2D eigenvalue weighted by molar-refractivity contribution is 5.95. The molecule has 0 N–H and O–H groups in total. The van der Waals surface area contributed by atoms with Crippen LogP contribution in [0.2, 0.25) is 0 Å². The molecule has 0 bridgehead atoms. The predicted molar refractivity (Wildman–Crippen MR) is 146 cm³/mol. The normalized spacial score (nSPS) is 11.7. The minimum absolute atomic E-state index is 0.0780. The highest BCUT2D eigenvalue weighted by Crippen LogP contribution is 2.39. The van der Waals surface area contributed by atoms with Gasteiger partial charge in [0.15, 0.2) is 0 Å². The van der Waals surface area contributed by atoms with E-state index in [1.165, 1.54) is 6.07 Å². The summed E-state index contributed by atoms with van der Waals surface area (Å²) in [6.07, 6.45) is -4.52. The van der Waals surface area contributed by atoms with Crippen LogP contribution in [0.4, 0.5) is 13.2 Å². The first kappa shape index (κ1) is 24.6. The Morgan fingerprint density at radius 3 is 2.21 bits per heavy atom. The van der Waals surface area contributed by atoms with Crippen LogP contribution in [-0.4, -0.2) is 16.9 Å². The quantitative estimate of drug-likeness (QED) is 0.219. The van der Waals surface area contributed by atoms with Gasteiger partial charge < -0.3 is 9.47 Å². The number of hydrogen-bond acceptors (Lipinski definition) is 3. The Hall–Kier alpha value is -4.78. The van der Waals surface area contributed by atoms with E-state index in [0.717, 1.165) is 28.2 Å². The molecule has 0 aliphatic heterocycles. The SMILES string of the molecule is COc1ccc2ccc(Oc3cccc(-c4c5cccc(C(F)(F)F)c5nn4Cc4ccccc4)c3)cc2c1. The van der Waals surface area contributed by atoms with Crippen LogP contribution in [0.25, 0.3) is 32.9 Å². The number of methoxy groups -OCH3 is 1. The van der Waals surface area contributed by atoms with Crippen LogP contribution in [0.3, 0.4) is 0 Å². The predicted octanol–water partition coefficient (Wildman–Crippen LogP) is 8.72. The van der Waals surface area contributed by atoms with Gasteiger partial charge in [0, 0.05) is 10.9 Å². The molecule has 1 aromatic heterocycles. The van der Waals surface area contributed by atoms with Gasteiger partial charge in [0.2, 0.25) is 0 Å². The monoisotopic (exact) mass is 524 g/mol. The average molecular weight is 525 g/mol. The second kappa shape index (κ2) is 9.83. The van der Waals surface area contributed by atoms with E-state index in [-0.39, 0.29) is 5.52 Å². The highest BCUT2D eigenvalue weighted by Gasteiger charge is 2.34. The number of halogens is 3. The largest absolute Gasteiger partial charge is 0.497 e. The minimum atomic E-state index is -4.52. The molecule has 4 nitrogen and oxygen atoms in total. The van der Waals surface area contributed by atoms with Crippen LogP contribution < -0.4 is 9.47 Å². The first-order valence-electron chi connectivity index (χ1n) is 12.4. The topological polar surface area (TPSA) is 36.3 Å². The number of alkyl halides is 3. The van der Waals surface area contributed by atoms with Gasteiger partial charge in [-0.3, -0.25) is 4.68 Å². The van der Waals surface area contributed by atoms with Crippen LogP contribution in [0.5, 0.6) is 17.2 Å². The van der Waals surface area contributed by atoms with Crippen molar-refractivity contribution in [2.75, 3.05) is 7.11 Å². The number of rotatable bonds is 6. The second-order valence-electron chi connectivity index (χ2n) is 9.20. The van der Waals surface area contributed by atoms with Crippen LogP contribution in [0.15, 0.2) is 109 Å². The molecule has 0 saturated heterocycles. The molecule has 6 aromatic rings. The second-order valence-corrected chi connectivity index (χ2v) is 9.20. The number of hydrogen-bond donors (Lipinski definition) is 0. The van der Waals surface area contributed by atoms with E-state index in [0.29, 0.717) is 34.7 Å². The first-order chi connectivity index (χ1) is 18.9. The molecule has 0 fully saturated rings. The summed E-state index contributed by atoms with van der Waals surface area (Å²) in [5.41, 5.74) is 1.39. The smallest absolute Gasteiger partial charge is 0.418 e. The molecule has 0 amide bonds. The molecule has 0 spiro atoms. The summed E-state index contributed by atoms with van der Waals surface area (Å²) in [4.78, 5) is 0. The van der Waals surface area contributed by atoms with Crippen molar-refractivity contribution >= 4 is 21.7 Å². The summed E-state index contributed by atoms with van der Waals surface area (Å²) in [7, 11) is 1.62. The molecule has 0 radical (unpaired) electrons. The maximum atomic E-state index is 13.9. The van der Waals surface area contributed by atoms with E-state index in [1.54, 1.807) is 17.9 Å². The molecule has 0 aliphatic carbocycles.